The second-order valence-electron chi connectivity index (χ2n) is 9.55. The molecule has 0 aliphatic heterocycles. The van der Waals surface area contributed by atoms with E-state index in [1.165, 1.54) is 14.2 Å². The molecule has 8 heteroatoms. The van der Waals surface area contributed by atoms with Gasteiger partial charge >= 0.3 is 11.9 Å². The number of methoxy groups -OCH3 is 2. The highest BCUT2D eigenvalue weighted by atomic mass is 16.5. The Balaban J connectivity index is 1.50. The maximum absolute atomic E-state index is 13.5. The van der Waals surface area contributed by atoms with Gasteiger partial charge in [0.05, 0.1) is 26.1 Å². The van der Waals surface area contributed by atoms with E-state index < -0.39 is 35.9 Å². The van der Waals surface area contributed by atoms with Gasteiger partial charge in [-0.1, -0.05) is 72.8 Å². The van der Waals surface area contributed by atoms with Crippen LogP contribution < -0.4 is 10.6 Å². The highest BCUT2D eigenvalue weighted by molar-refractivity contribution is 5.93. The summed E-state index contributed by atoms with van der Waals surface area (Å²) in [6.45, 7) is 0. The molecule has 2 aliphatic rings. The van der Waals surface area contributed by atoms with Gasteiger partial charge in [-0.25, -0.2) is 9.59 Å². The lowest BCUT2D eigenvalue weighted by atomic mass is 9.81. The monoisotopic (exact) mass is 504 g/mol. The molecule has 1 fully saturated rings. The fraction of sp³-hybridized carbons (Fsp3) is 0.379. The summed E-state index contributed by atoms with van der Waals surface area (Å²) >= 11 is 0. The van der Waals surface area contributed by atoms with Gasteiger partial charge < -0.3 is 20.1 Å². The second-order valence-corrected chi connectivity index (χ2v) is 9.55. The van der Waals surface area contributed by atoms with Gasteiger partial charge in [-0.2, -0.15) is 0 Å². The quantitative estimate of drug-likeness (QED) is 0.379. The number of fused-ring (bicyclic) bond motifs is 2. The van der Waals surface area contributed by atoms with Crippen LogP contribution in [0.5, 0.6) is 0 Å². The van der Waals surface area contributed by atoms with Crippen molar-refractivity contribution in [3.63, 3.8) is 0 Å². The van der Waals surface area contributed by atoms with Gasteiger partial charge in [0.1, 0.15) is 12.1 Å². The number of nitrogens with one attached hydrogen (secondary N) is 2. The minimum atomic E-state index is -0.882. The standard InChI is InChI=1S/C29H32N2O6/c1-36-28(34)22(15-18-9-5-3-6-10-18)30-26(32)24-20-13-14-21(17-20)25(24)27(33)31-23(29(35)37-2)16-19-11-7-4-8-12-19/h3-14,20-25H,15-17H2,1-2H3,(H,30,32)(H,31,33)/t20-,21+,22-,23-,24+,25-/m0/s1. The van der Waals surface area contributed by atoms with Crippen LogP contribution in [0.4, 0.5) is 0 Å². The van der Waals surface area contributed by atoms with Crippen LogP contribution in [-0.2, 0) is 41.5 Å². The average molecular weight is 505 g/mol. The SMILES string of the molecule is COC(=O)[C@H](Cc1ccccc1)NC(=O)[C@@H]1[C@H](C(=O)N[C@@H](Cc2ccccc2)C(=O)OC)[C@H]2C=C[C@@H]1C2. The lowest BCUT2D eigenvalue weighted by Gasteiger charge is -2.29. The van der Waals surface area contributed by atoms with E-state index in [2.05, 4.69) is 10.6 Å². The Morgan fingerprint density at radius 1 is 0.703 bits per heavy atom. The Labute approximate surface area is 216 Å². The molecular formula is C29H32N2O6. The fourth-order valence-corrected chi connectivity index (χ4v) is 5.44. The number of carbonyl (C=O) groups is 4. The third-order valence-electron chi connectivity index (χ3n) is 7.23. The number of ether oxygens (including phenoxy) is 2. The molecule has 4 rings (SSSR count). The topological polar surface area (TPSA) is 111 Å². The predicted octanol–water partition coefficient (Wildman–Crippen LogP) is 2.23. The molecule has 1 saturated carbocycles. The molecular weight excluding hydrogens is 472 g/mol. The smallest absolute Gasteiger partial charge is 0.328 e. The molecule has 37 heavy (non-hydrogen) atoms. The third-order valence-corrected chi connectivity index (χ3v) is 7.23. The summed E-state index contributed by atoms with van der Waals surface area (Å²) in [5.41, 5.74) is 1.75. The summed E-state index contributed by atoms with van der Waals surface area (Å²) in [5.74, 6) is -3.41. The zero-order valence-corrected chi connectivity index (χ0v) is 21.0. The molecule has 2 aliphatic carbocycles. The number of rotatable bonds is 10. The van der Waals surface area contributed by atoms with Crippen molar-refractivity contribution in [1.29, 1.82) is 0 Å². The normalized spacial score (nSPS) is 23.1. The Bertz CT molecular complexity index is 1060. The Morgan fingerprint density at radius 3 is 1.43 bits per heavy atom. The van der Waals surface area contributed by atoms with Crippen LogP contribution in [-0.4, -0.2) is 50.1 Å². The van der Waals surface area contributed by atoms with Gasteiger partial charge in [0, 0.05) is 12.8 Å². The van der Waals surface area contributed by atoms with E-state index in [4.69, 9.17) is 9.47 Å². The number of hydrogen-bond donors (Lipinski definition) is 2. The fourth-order valence-electron chi connectivity index (χ4n) is 5.44. The molecule has 2 bridgehead atoms. The Hall–Kier alpha value is -3.94. The minimum Gasteiger partial charge on any atom is -0.467 e. The zero-order chi connectivity index (χ0) is 26.4. The molecule has 0 spiro atoms. The van der Waals surface area contributed by atoms with Gasteiger partial charge in [0.2, 0.25) is 11.8 Å². The van der Waals surface area contributed by atoms with E-state index in [1.807, 2.05) is 72.8 Å². The van der Waals surface area contributed by atoms with Crippen molar-refractivity contribution in [2.75, 3.05) is 14.2 Å². The molecule has 0 aromatic heterocycles. The molecule has 6 atom stereocenters. The van der Waals surface area contributed by atoms with E-state index in [9.17, 15) is 19.2 Å². The van der Waals surface area contributed by atoms with Crippen molar-refractivity contribution in [1.82, 2.24) is 10.6 Å². The summed E-state index contributed by atoms with van der Waals surface area (Å²) in [6, 6.07) is 16.9. The molecule has 8 nitrogen and oxygen atoms in total. The van der Waals surface area contributed by atoms with Gasteiger partial charge in [0.15, 0.2) is 0 Å². The molecule has 0 saturated heterocycles. The number of amides is 2. The van der Waals surface area contributed by atoms with Gasteiger partial charge in [-0.15, -0.1) is 0 Å². The van der Waals surface area contributed by atoms with Crippen LogP contribution in [0.1, 0.15) is 17.5 Å². The Kier molecular flexibility index (Phi) is 8.38. The van der Waals surface area contributed by atoms with Crippen LogP contribution in [0.3, 0.4) is 0 Å². The first-order valence-corrected chi connectivity index (χ1v) is 12.4. The van der Waals surface area contributed by atoms with Crippen molar-refractivity contribution in [3.05, 3.63) is 83.9 Å². The van der Waals surface area contributed by atoms with Gasteiger partial charge in [-0.3, -0.25) is 9.59 Å². The molecule has 0 heterocycles. The number of benzene rings is 2. The van der Waals surface area contributed by atoms with Crippen molar-refractivity contribution in [3.8, 4) is 0 Å². The molecule has 2 aromatic rings. The largest absolute Gasteiger partial charge is 0.467 e. The minimum absolute atomic E-state index is 0.124. The molecule has 194 valence electrons. The first-order chi connectivity index (χ1) is 17.9. The summed E-state index contributed by atoms with van der Waals surface area (Å²) in [5, 5.41) is 5.67. The van der Waals surface area contributed by atoms with Crippen molar-refractivity contribution in [2.45, 2.75) is 31.3 Å². The Morgan fingerprint density at radius 2 is 1.08 bits per heavy atom. The summed E-state index contributed by atoms with van der Waals surface area (Å²) in [7, 11) is 2.56. The third kappa shape index (κ3) is 6.07. The average Bonchev–Trinajstić information content (AvgIpc) is 3.55. The van der Waals surface area contributed by atoms with E-state index in [1.54, 1.807) is 0 Å². The molecule has 2 aromatic carbocycles. The number of allylic oxidation sites excluding steroid dienone is 2. The highest BCUT2D eigenvalue weighted by Gasteiger charge is 2.52. The lowest BCUT2D eigenvalue weighted by molar-refractivity contribution is -0.147. The number of carbonyl (C=O) groups excluding carboxylic acids is 4. The summed E-state index contributed by atoms with van der Waals surface area (Å²) < 4.78 is 9.87. The maximum atomic E-state index is 13.5. The van der Waals surface area contributed by atoms with Gasteiger partial charge in [-0.05, 0) is 29.4 Å². The molecule has 2 N–H and O–H groups in total. The zero-order valence-electron chi connectivity index (χ0n) is 21.0. The molecule has 0 radical (unpaired) electrons. The van der Waals surface area contributed by atoms with Crippen LogP contribution in [0.15, 0.2) is 72.8 Å². The van der Waals surface area contributed by atoms with E-state index in [0.717, 1.165) is 11.1 Å². The first-order valence-electron chi connectivity index (χ1n) is 12.4. The molecule has 0 unspecified atom stereocenters. The lowest BCUT2D eigenvalue weighted by Crippen LogP contribution is -2.52. The van der Waals surface area contributed by atoms with Crippen molar-refractivity contribution < 1.29 is 28.7 Å². The summed E-state index contributed by atoms with van der Waals surface area (Å²) in [6.07, 6.45) is 5.14. The maximum Gasteiger partial charge on any atom is 0.328 e. The number of esters is 2. The first kappa shape index (κ1) is 26.1. The number of hydrogen-bond acceptors (Lipinski definition) is 6. The highest BCUT2D eigenvalue weighted by Crippen LogP contribution is 2.48. The van der Waals surface area contributed by atoms with E-state index >= 15 is 0 Å². The van der Waals surface area contributed by atoms with E-state index in [0.29, 0.717) is 6.42 Å². The van der Waals surface area contributed by atoms with Crippen LogP contribution in [0.25, 0.3) is 0 Å². The predicted molar refractivity (Wildman–Crippen MR) is 136 cm³/mol. The van der Waals surface area contributed by atoms with Crippen LogP contribution >= 0.6 is 0 Å². The van der Waals surface area contributed by atoms with E-state index in [-0.39, 0.29) is 36.5 Å². The summed E-state index contributed by atoms with van der Waals surface area (Å²) in [4.78, 5) is 52.0. The van der Waals surface area contributed by atoms with Crippen molar-refractivity contribution in [2.24, 2.45) is 23.7 Å². The van der Waals surface area contributed by atoms with Crippen LogP contribution in [0.2, 0.25) is 0 Å². The second kappa shape index (κ2) is 11.9. The van der Waals surface area contributed by atoms with Crippen molar-refractivity contribution >= 4 is 23.8 Å². The van der Waals surface area contributed by atoms with Gasteiger partial charge in [0.25, 0.3) is 0 Å². The van der Waals surface area contributed by atoms with Crippen LogP contribution in [0, 0.1) is 23.7 Å². The molecule has 2 amide bonds.